The number of nitrogens with zero attached hydrogens (tertiary/aromatic N) is 2. The Bertz CT molecular complexity index is 844. The van der Waals surface area contributed by atoms with Crippen LogP contribution in [0.25, 0.3) is 0 Å². The molecule has 0 aliphatic carbocycles. The molecule has 0 saturated carbocycles. The summed E-state index contributed by atoms with van der Waals surface area (Å²) < 4.78 is 37.8. The van der Waals surface area contributed by atoms with Crippen molar-refractivity contribution < 1.29 is 27.5 Å². The largest absolute Gasteiger partial charge is 0.467 e. The molecule has 0 bridgehead atoms. The number of hydrogen-bond donors (Lipinski definition) is 0. The topological polar surface area (TPSA) is 93.2 Å². The maximum absolute atomic E-state index is 13.0. The molecule has 1 amide bonds. The highest BCUT2D eigenvalue weighted by molar-refractivity contribution is 7.89. The van der Waals surface area contributed by atoms with Crippen LogP contribution in [0.15, 0.2) is 29.2 Å². The fraction of sp³-hybridized carbons (Fsp3) is 0.600. The van der Waals surface area contributed by atoms with Gasteiger partial charge in [0.1, 0.15) is 6.04 Å². The molecule has 1 aromatic rings. The summed E-state index contributed by atoms with van der Waals surface area (Å²) in [5.41, 5.74) is 0.350. The van der Waals surface area contributed by atoms with E-state index in [0.717, 1.165) is 12.8 Å². The SMILES string of the molecule is COC(=O)[C@@H]1CCCCN1C(=O)c1ccc(S(=O)(=O)N2C[C@@H](C)O[C@@H](C)C2)cc1. The first-order valence-electron chi connectivity index (χ1n) is 9.88. The van der Waals surface area contributed by atoms with Crippen LogP contribution in [-0.4, -0.2) is 74.5 Å². The lowest BCUT2D eigenvalue weighted by Gasteiger charge is -2.34. The molecule has 0 aromatic heterocycles. The molecule has 8 nitrogen and oxygen atoms in total. The van der Waals surface area contributed by atoms with Crippen molar-refractivity contribution in [1.82, 2.24) is 9.21 Å². The van der Waals surface area contributed by atoms with Crippen molar-refractivity contribution in [2.45, 2.75) is 56.3 Å². The lowest BCUT2D eigenvalue weighted by atomic mass is 10.0. The molecule has 0 N–H and O–H groups in total. The number of benzene rings is 1. The van der Waals surface area contributed by atoms with Crippen LogP contribution in [0, 0.1) is 0 Å². The van der Waals surface area contributed by atoms with E-state index in [1.807, 2.05) is 13.8 Å². The number of likely N-dealkylation sites (tertiary alicyclic amines) is 1. The third kappa shape index (κ3) is 4.62. The smallest absolute Gasteiger partial charge is 0.328 e. The van der Waals surface area contributed by atoms with Crippen molar-refractivity contribution in [3.8, 4) is 0 Å². The number of methoxy groups -OCH3 is 1. The molecule has 1 aromatic carbocycles. The van der Waals surface area contributed by atoms with E-state index in [1.165, 1.54) is 40.6 Å². The Hall–Kier alpha value is -1.97. The summed E-state index contributed by atoms with van der Waals surface area (Å²) in [6.45, 7) is 4.75. The van der Waals surface area contributed by atoms with Crippen molar-refractivity contribution in [1.29, 1.82) is 0 Å². The number of ether oxygens (including phenoxy) is 2. The Morgan fingerprint density at radius 1 is 1.07 bits per heavy atom. The fourth-order valence-electron chi connectivity index (χ4n) is 3.97. The zero-order valence-electron chi connectivity index (χ0n) is 17.0. The Balaban J connectivity index is 1.78. The van der Waals surface area contributed by atoms with Crippen molar-refractivity contribution in [2.75, 3.05) is 26.7 Å². The van der Waals surface area contributed by atoms with Crippen molar-refractivity contribution in [3.05, 3.63) is 29.8 Å². The van der Waals surface area contributed by atoms with E-state index in [0.29, 0.717) is 31.6 Å². The number of hydrogen-bond acceptors (Lipinski definition) is 6. The number of piperidine rings is 1. The first-order valence-corrected chi connectivity index (χ1v) is 11.3. The van der Waals surface area contributed by atoms with Gasteiger partial charge in [0, 0.05) is 25.2 Å². The lowest BCUT2D eigenvalue weighted by Crippen LogP contribution is -2.48. The molecular weight excluding hydrogens is 396 g/mol. The lowest BCUT2D eigenvalue weighted by molar-refractivity contribution is -0.147. The van der Waals surface area contributed by atoms with E-state index in [4.69, 9.17) is 9.47 Å². The maximum atomic E-state index is 13.0. The van der Waals surface area contributed by atoms with Gasteiger partial charge in [-0.2, -0.15) is 4.31 Å². The van der Waals surface area contributed by atoms with Gasteiger partial charge < -0.3 is 14.4 Å². The number of rotatable bonds is 4. The molecule has 3 atom stereocenters. The molecule has 3 rings (SSSR count). The first kappa shape index (κ1) is 21.7. The van der Waals surface area contributed by atoms with Crippen LogP contribution in [0.1, 0.15) is 43.5 Å². The van der Waals surface area contributed by atoms with Gasteiger partial charge in [-0.15, -0.1) is 0 Å². The average molecular weight is 425 g/mol. The number of carbonyl (C=O) groups excluding carboxylic acids is 2. The molecular formula is C20H28N2O6S. The summed E-state index contributed by atoms with van der Waals surface area (Å²) in [5, 5.41) is 0. The molecule has 2 aliphatic rings. The van der Waals surface area contributed by atoms with E-state index in [2.05, 4.69) is 0 Å². The minimum Gasteiger partial charge on any atom is -0.467 e. The molecule has 2 aliphatic heterocycles. The van der Waals surface area contributed by atoms with Crippen LogP contribution in [-0.2, 0) is 24.3 Å². The molecule has 0 spiro atoms. The zero-order chi connectivity index (χ0) is 21.2. The first-order chi connectivity index (χ1) is 13.7. The molecule has 9 heteroatoms. The third-order valence-electron chi connectivity index (χ3n) is 5.36. The van der Waals surface area contributed by atoms with E-state index < -0.39 is 22.0 Å². The second kappa shape index (κ2) is 8.81. The third-order valence-corrected chi connectivity index (χ3v) is 7.21. The van der Waals surface area contributed by atoms with Crippen LogP contribution in [0.4, 0.5) is 0 Å². The molecule has 2 heterocycles. The minimum absolute atomic E-state index is 0.138. The normalized spacial score (nSPS) is 26.2. The Morgan fingerprint density at radius 3 is 2.28 bits per heavy atom. The van der Waals surface area contributed by atoms with Gasteiger partial charge >= 0.3 is 5.97 Å². The number of sulfonamides is 1. The second-order valence-electron chi connectivity index (χ2n) is 7.64. The zero-order valence-corrected chi connectivity index (χ0v) is 17.9. The number of amides is 1. The van der Waals surface area contributed by atoms with Crippen LogP contribution < -0.4 is 0 Å². The van der Waals surface area contributed by atoms with E-state index >= 15 is 0 Å². The van der Waals surface area contributed by atoms with Gasteiger partial charge in [-0.05, 0) is 57.4 Å². The summed E-state index contributed by atoms with van der Waals surface area (Å²) in [4.78, 5) is 26.6. The van der Waals surface area contributed by atoms with Crippen LogP contribution >= 0.6 is 0 Å². The van der Waals surface area contributed by atoms with Gasteiger partial charge in [0.25, 0.3) is 5.91 Å². The van der Waals surface area contributed by atoms with Crippen molar-refractivity contribution >= 4 is 21.9 Å². The van der Waals surface area contributed by atoms with Crippen molar-refractivity contribution in [2.24, 2.45) is 0 Å². The number of carbonyl (C=O) groups is 2. The maximum Gasteiger partial charge on any atom is 0.328 e. The van der Waals surface area contributed by atoms with Gasteiger partial charge in [0.2, 0.25) is 10.0 Å². The van der Waals surface area contributed by atoms with E-state index in [-0.39, 0.29) is 23.0 Å². The predicted octanol–water partition coefficient (Wildman–Crippen LogP) is 1.65. The highest BCUT2D eigenvalue weighted by Gasteiger charge is 2.34. The monoisotopic (exact) mass is 424 g/mol. The fourth-order valence-corrected chi connectivity index (χ4v) is 5.56. The summed E-state index contributed by atoms with van der Waals surface area (Å²) in [7, 11) is -2.36. The standard InChI is InChI=1S/C20H28N2O6S/c1-14-12-21(13-15(2)28-14)29(25,26)17-9-7-16(8-10-17)19(23)22-11-5-4-6-18(22)20(24)27-3/h7-10,14-15,18H,4-6,11-13H2,1-3H3/t14-,15+,18-/m0/s1. The highest BCUT2D eigenvalue weighted by Crippen LogP contribution is 2.24. The molecule has 29 heavy (non-hydrogen) atoms. The van der Waals surface area contributed by atoms with E-state index in [9.17, 15) is 18.0 Å². The highest BCUT2D eigenvalue weighted by atomic mass is 32.2. The van der Waals surface area contributed by atoms with E-state index in [1.54, 1.807) is 0 Å². The Kier molecular flexibility index (Phi) is 6.60. The number of morpholine rings is 1. The molecule has 0 radical (unpaired) electrons. The summed E-state index contributed by atoms with van der Waals surface area (Å²) in [5.74, 6) is -0.717. The van der Waals surface area contributed by atoms with Crippen LogP contribution in [0.3, 0.4) is 0 Å². The van der Waals surface area contributed by atoms with Gasteiger partial charge in [-0.1, -0.05) is 0 Å². The average Bonchev–Trinajstić information content (AvgIpc) is 2.72. The second-order valence-corrected chi connectivity index (χ2v) is 9.57. The number of esters is 1. The Labute approximate surface area is 171 Å². The summed E-state index contributed by atoms with van der Waals surface area (Å²) >= 11 is 0. The van der Waals surface area contributed by atoms with Crippen molar-refractivity contribution in [3.63, 3.8) is 0 Å². The summed E-state index contributed by atoms with van der Waals surface area (Å²) in [6.07, 6.45) is 1.89. The minimum atomic E-state index is -3.67. The summed E-state index contributed by atoms with van der Waals surface area (Å²) in [6, 6.07) is 5.31. The van der Waals surface area contributed by atoms with Crippen LogP contribution in [0.2, 0.25) is 0 Å². The van der Waals surface area contributed by atoms with Gasteiger partial charge in [0.15, 0.2) is 0 Å². The Morgan fingerprint density at radius 2 is 1.69 bits per heavy atom. The van der Waals surface area contributed by atoms with Gasteiger partial charge in [0.05, 0.1) is 24.2 Å². The predicted molar refractivity (Wildman–Crippen MR) is 106 cm³/mol. The molecule has 160 valence electrons. The van der Waals surface area contributed by atoms with Gasteiger partial charge in [-0.3, -0.25) is 4.79 Å². The molecule has 2 fully saturated rings. The molecule has 2 saturated heterocycles. The quantitative estimate of drug-likeness (QED) is 0.683. The van der Waals surface area contributed by atoms with Crippen LogP contribution in [0.5, 0.6) is 0 Å². The van der Waals surface area contributed by atoms with Gasteiger partial charge in [-0.25, -0.2) is 13.2 Å². The molecule has 0 unspecified atom stereocenters.